The van der Waals surface area contributed by atoms with Crippen molar-refractivity contribution in [2.75, 3.05) is 0 Å². The van der Waals surface area contributed by atoms with Gasteiger partial charge in [-0.05, 0) is 26.2 Å². The molecule has 0 spiro atoms. The van der Waals surface area contributed by atoms with Crippen molar-refractivity contribution in [2.45, 2.75) is 111 Å². The Kier molecular flexibility index (Phi) is 11.2. The van der Waals surface area contributed by atoms with Gasteiger partial charge in [0.25, 0.3) is 0 Å². The minimum absolute atomic E-state index is 0.00416. The molecule has 0 fully saturated rings. The van der Waals surface area contributed by atoms with Gasteiger partial charge in [0, 0.05) is 18.9 Å². The van der Waals surface area contributed by atoms with Crippen LogP contribution in [-0.4, -0.2) is 22.3 Å². The van der Waals surface area contributed by atoms with Crippen molar-refractivity contribution in [3.63, 3.8) is 0 Å². The molecule has 0 aromatic carbocycles. The average Bonchev–Trinajstić information content (AvgIpc) is 2.44. The maximum absolute atomic E-state index is 12.5. The molecule has 2 amide bonds. The lowest BCUT2D eigenvalue weighted by Crippen LogP contribution is -2.52. The third kappa shape index (κ3) is 7.42. The predicted molar refractivity (Wildman–Crippen MR) is 93.7 cm³/mol. The summed E-state index contributed by atoms with van der Waals surface area (Å²) in [7, 11) is 0. The Bertz CT molecular complexity index is 327. The molecule has 22 heavy (non-hydrogen) atoms. The lowest BCUT2D eigenvalue weighted by atomic mass is 9.86. The van der Waals surface area contributed by atoms with Gasteiger partial charge in [-0.3, -0.25) is 14.5 Å². The summed E-state index contributed by atoms with van der Waals surface area (Å²) in [6.45, 7) is 10.0. The van der Waals surface area contributed by atoms with Gasteiger partial charge in [0.1, 0.15) is 0 Å². The quantitative estimate of drug-likeness (QED) is 0.448. The summed E-state index contributed by atoms with van der Waals surface area (Å²) in [4.78, 5) is 26.2. The lowest BCUT2D eigenvalue weighted by molar-refractivity contribution is -0.151. The van der Waals surface area contributed by atoms with Gasteiger partial charge in [0.15, 0.2) is 0 Å². The van der Waals surface area contributed by atoms with E-state index >= 15 is 0 Å². The molecule has 0 N–H and O–H groups in total. The fourth-order valence-corrected chi connectivity index (χ4v) is 3.22. The van der Waals surface area contributed by atoms with Crippen molar-refractivity contribution < 1.29 is 9.59 Å². The van der Waals surface area contributed by atoms with E-state index in [0.717, 1.165) is 44.9 Å². The Hall–Kier alpha value is -0.860. The third-order valence-electron chi connectivity index (χ3n) is 4.46. The Balaban J connectivity index is 5.02. The van der Waals surface area contributed by atoms with E-state index in [0.29, 0.717) is 6.42 Å². The number of hydrogen-bond acceptors (Lipinski definition) is 2. The van der Waals surface area contributed by atoms with Crippen molar-refractivity contribution in [2.24, 2.45) is 0 Å². The zero-order valence-electron chi connectivity index (χ0n) is 15.5. The predicted octanol–water partition coefficient (Wildman–Crippen LogP) is 5.47. The van der Waals surface area contributed by atoms with E-state index in [1.165, 1.54) is 26.2 Å². The summed E-state index contributed by atoms with van der Waals surface area (Å²) in [6.07, 6.45) is 11.3. The van der Waals surface area contributed by atoms with Gasteiger partial charge in [0.2, 0.25) is 11.8 Å². The number of imide groups is 1. The van der Waals surface area contributed by atoms with Gasteiger partial charge < -0.3 is 0 Å². The van der Waals surface area contributed by atoms with E-state index in [1.807, 2.05) is 6.92 Å². The molecule has 0 aromatic rings. The summed E-state index contributed by atoms with van der Waals surface area (Å²) in [5.74, 6) is -0.0857. The van der Waals surface area contributed by atoms with Crippen molar-refractivity contribution in [1.82, 2.24) is 4.90 Å². The summed E-state index contributed by atoms with van der Waals surface area (Å²) in [6, 6.07) is 0. The highest BCUT2D eigenvalue weighted by Gasteiger charge is 2.36. The first-order chi connectivity index (χ1) is 10.4. The molecule has 0 saturated carbocycles. The molecule has 0 heterocycles. The molecule has 0 aromatic heterocycles. The van der Waals surface area contributed by atoms with Crippen LogP contribution in [0.2, 0.25) is 0 Å². The molecule has 0 aliphatic rings. The molecule has 1 unspecified atom stereocenters. The molecule has 0 rings (SSSR count). The van der Waals surface area contributed by atoms with Crippen LogP contribution in [0.4, 0.5) is 0 Å². The van der Waals surface area contributed by atoms with Gasteiger partial charge in [0.05, 0.1) is 0 Å². The second kappa shape index (κ2) is 11.7. The fourth-order valence-electron chi connectivity index (χ4n) is 3.22. The highest BCUT2D eigenvalue weighted by atomic mass is 16.2. The number of carbonyl (C=O) groups is 2. The first-order valence-electron chi connectivity index (χ1n) is 9.26. The summed E-state index contributed by atoms with van der Waals surface area (Å²) >= 11 is 0. The van der Waals surface area contributed by atoms with Crippen LogP contribution in [0.1, 0.15) is 105 Å². The highest BCUT2D eigenvalue weighted by Crippen LogP contribution is 2.30. The van der Waals surface area contributed by atoms with E-state index in [9.17, 15) is 9.59 Å². The van der Waals surface area contributed by atoms with Crippen LogP contribution in [0.15, 0.2) is 0 Å². The number of amides is 2. The minimum Gasteiger partial charge on any atom is -0.277 e. The van der Waals surface area contributed by atoms with Crippen molar-refractivity contribution >= 4 is 11.8 Å². The Labute approximate surface area is 137 Å². The van der Waals surface area contributed by atoms with Crippen LogP contribution < -0.4 is 0 Å². The first-order valence-corrected chi connectivity index (χ1v) is 9.26. The van der Waals surface area contributed by atoms with E-state index < -0.39 is 0 Å². The number of carbonyl (C=O) groups excluding carboxylic acids is 2. The monoisotopic (exact) mass is 311 g/mol. The van der Waals surface area contributed by atoms with Crippen LogP contribution in [-0.2, 0) is 9.59 Å². The van der Waals surface area contributed by atoms with Crippen molar-refractivity contribution in [3.05, 3.63) is 0 Å². The van der Waals surface area contributed by atoms with Crippen molar-refractivity contribution in [3.8, 4) is 0 Å². The highest BCUT2D eigenvalue weighted by molar-refractivity contribution is 5.95. The topological polar surface area (TPSA) is 37.4 Å². The van der Waals surface area contributed by atoms with E-state index in [4.69, 9.17) is 0 Å². The molecular weight excluding hydrogens is 274 g/mol. The molecule has 130 valence electrons. The fraction of sp³-hybridized carbons (Fsp3) is 0.895. The summed E-state index contributed by atoms with van der Waals surface area (Å²) in [5.41, 5.74) is -0.305. The van der Waals surface area contributed by atoms with Crippen molar-refractivity contribution in [1.29, 1.82) is 0 Å². The Morgan fingerprint density at radius 2 is 1.32 bits per heavy atom. The number of unbranched alkanes of at least 4 members (excludes halogenated alkanes) is 5. The van der Waals surface area contributed by atoms with Crippen LogP contribution in [0.3, 0.4) is 0 Å². The first kappa shape index (κ1) is 21.1. The summed E-state index contributed by atoms with van der Waals surface area (Å²) < 4.78 is 0. The molecule has 0 saturated heterocycles. The van der Waals surface area contributed by atoms with Crippen LogP contribution in [0.5, 0.6) is 0 Å². The van der Waals surface area contributed by atoms with Crippen LogP contribution in [0, 0.1) is 0 Å². The van der Waals surface area contributed by atoms with Gasteiger partial charge >= 0.3 is 0 Å². The smallest absolute Gasteiger partial charge is 0.229 e. The van der Waals surface area contributed by atoms with Gasteiger partial charge in [-0.25, -0.2) is 0 Å². The molecule has 0 aliphatic heterocycles. The third-order valence-corrected chi connectivity index (χ3v) is 4.46. The standard InChI is InChI=1S/C19H37NO2/c1-6-9-11-13-16-19(5,15-12-10-7-2)20(17(4)21)18(22)14-8-3/h6-16H2,1-5H3. The summed E-state index contributed by atoms with van der Waals surface area (Å²) in [5, 5.41) is 0. The minimum atomic E-state index is -0.305. The Morgan fingerprint density at radius 3 is 1.77 bits per heavy atom. The van der Waals surface area contributed by atoms with Gasteiger partial charge in [-0.1, -0.05) is 65.7 Å². The van der Waals surface area contributed by atoms with Gasteiger partial charge in [-0.15, -0.1) is 0 Å². The maximum Gasteiger partial charge on any atom is 0.229 e. The molecule has 0 bridgehead atoms. The SMILES string of the molecule is CCCCCCC(C)(CCCCC)N(C(C)=O)C(=O)CCC. The van der Waals surface area contributed by atoms with E-state index in [2.05, 4.69) is 20.8 Å². The van der Waals surface area contributed by atoms with Crippen LogP contribution in [0.25, 0.3) is 0 Å². The average molecular weight is 312 g/mol. The molecule has 3 nitrogen and oxygen atoms in total. The van der Waals surface area contributed by atoms with Crippen LogP contribution >= 0.6 is 0 Å². The molecular formula is C19H37NO2. The number of hydrogen-bond donors (Lipinski definition) is 0. The van der Waals surface area contributed by atoms with Gasteiger partial charge in [-0.2, -0.15) is 0 Å². The number of nitrogens with zero attached hydrogens (tertiary/aromatic N) is 1. The molecule has 0 aliphatic carbocycles. The molecule has 3 heteroatoms. The second-order valence-corrected chi connectivity index (χ2v) is 6.76. The molecule has 0 radical (unpaired) electrons. The molecule has 1 atom stereocenters. The zero-order valence-corrected chi connectivity index (χ0v) is 15.5. The Morgan fingerprint density at radius 1 is 0.818 bits per heavy atom. The largest absolute Gasteiger partial charge is 0.277 e. The van der Waals surface area contributed by atoms with E-state index in [1.54, 1.807) is 4.90 Å². The lowest BCUT2D eigenvalue weighted by Gasteiger charge is -2.40. The number of rotatable bonds is 12. The normalized spacial score (nSPS) is 13.7. The second-order valence-electron chi connectivity index (χ2n) is 6.76. The zero-order chi connectivity index (χ0) is 17.0. The van der Waals surface area contributed by atoms with E-state index in [-0.39, 0.29) is 17.4 Å². The maximum atomic E-state index is 12.5.